The van der Waals surface area contributed by atoms with E-state index in [4.69, 9.17) is 5.73 Å². The first-order chi connectivity index (χ1) is 9.31. The van der Waals surface area contributed by atoms with Crippen LogP contribution in [0.25, 0.3) is 0 Å². The third-order valence-electron chi connectivity index (χ3n) is 2.44. The summed E-state index contributed by atoms with van der Waals surface area (Å²) in [7, 11) is -3.75. The normalized spacial score (nSPS) is 11.3. The molecule has 0 heterocycles. The molecule has 0 aliphatic carbocycles. The van der Waals surface area contributed by atoms with Crippen LogP contribution < -0.4 is 10.5 Å². The second-order valence-electron chi connectivity index (χ2n) is 3.89. The number of nitrogen functional groups attached to an aromatic ring is 1. The fraction of sp³-hybridized carbons (Fsp3) is 0. The molecule has 4 nitrogen and oxygen atoms in total. The van der Waals surface area contributed by atoms with Gasteiger partial charge in [-0.3, -0.25) is 4.72 Å². The first kappa shape index (κ1) is 15.8. The van der Waals surface area contributed by atoms with Crippen molar-refractivity contribution < 1.29 is 8.42 Å². The van der Waals surface area contributed by atoms with Crippen LogP contribution in [0.2, 0.25) is 0 Å². The van der Waals surface area contributed by atoms with E-state index in [1.165, 1.54) is 6.07 Å². The van der Waals surface area contributed by atoms with E-state index in [2.05, 4.69) is 52.5 Å². The van der Waals surface area contributed by atoms with Gasteiger partial charge in [0.25, 0.3) is 10.0 Å². The van der Waals surface area contributed by atoms with Crippen LogP contribution in [0.15, 0.2) is 54.7 Å². The molecule has 0 spiro atoms. The number of hydrogen-bond donors (Lipinski definition) is 2. The van der Waals surface area contributed by atoms with Crippen molar-refractivity contribution in [3.05, 3.63) is 49.8 Å². The van der Waals surface area contributed by atoms with Crippen LogP contribution in [0.1, 0.15) is 0 Å². The zero-order chi connectivity index (χ0) is 14.9. The highest BCUT2D eigenvalue weighted by Crippen LogP contribution is 2.34. The first-order valence-corrected chi connectivity index (χ1v) is 9.19. The van der Waals surface area contributed by atoms with E-state index in [9.17, 15) is 8.42 Å². The fourth-order valence-electron chi connectivity index (χ4n) is 1.51. The van der Waals surface area contributed by atoms with E-state index in [-0.39, 0.29) is 4.90 Å². The molecule has 0 saturated carbocycles. The van der Waals surface area contributed by atoms with Crippen LogP contribution in [-0.2, 0) is 10.0 Å². The molecule has 0 saturated heterocycles. The van der Waals surface area contributed by atoms with E-state index in [1.54, 1.807) is 30.3 Å². The third kappa shape index (κ3) is 3.36. The summed E-state index contributed by atoms with van der Waals surface area (Å²) in [5, 5.41) is 0. The molecule has 0 bridgehead atoms. The Morgan fingerprint density at radius 2 is 1.55 bits per heavy atom. The van der Waals surface area contributed by atoms with Crippen LogP contribution in [-0.4, -0.2) is 8.42 Å². The highest BCUT2D eigenvalue weighted by molar-refractivity contribution is 9.11. The fourth-order valence-corrected chi connectivity index (χ4v) is 5.07. The minimum Gasteiger partial charge on any atom is -0.399 e. The van der Waals surface area contributed by atoms with Gasteiger partial charge in [0, 0.05) is 19.1 Å². The predicted molar refractivity (Wildman–Crippen MR) is 91.2 cm³/mol. The molecule has 8 heteroatoms. The molecule has 0 unspecified atom stereocenters. The van der Waals surface area contributed by atoms with Gasteiger partial charge in [0.05, 0.1) is 5.69 Å². The average Bonchev–Trinajstić information content (AvgIpc) is 2.37. The van der Waals surface area contributed by atoms with Crippen LogP contribution in [0.5, 0.6) is 0 Å². The summed E-state index contributed by atoms with van der Waals surface area (Å²) in [4.78, 5) is 0.0835. The number of halogens is 3. The van der Waals surface area contributed by atoms with Gasteiger partial charge in [0.2, 0.25) is 0 Å². The summed E-state index contributed by atoms with van der Waals surface area (Å²) in [6, 6.07) is 9.91. The minimum atomic E-state index is -3.75. The van der Waals surface area contributed by atoms with Crippen molar-refractivity contribution in [1.82, 2.24) is 0 Å². The summed E-state index contributed by atoms with van der Waals surface area (Å²) in [5.41, 5.74) is 6.45. The van der Waals surface area contributed by atoms with Crippen molar-refractivity contribution in [2.75, 3.05) is 10.5 Å². The van der Waals surface area contributed by atoms with Crippen molar-refractivity contribution in [2.24, 2.45) is 0 Å². The number of anilines is 2. The molecule has 106 valence electrons. The summed E-state index contributed by atoms with van der Waals surface area (Å²) in [6.45, 7) is 0. The van der Waals surface area contributed by atoms with E-state index in [0.29, 0.717) is 24.8 Å². The lowest BCUT2D eigenvalue weighted by Gasteiger charge is -2.13. The number of nitrogens with one attached hydrogen (secondary N) is 1. The number of hydrogen-bond acceptors (Lipinski definition) is 3. The Hall–Kier alpha value is -0.570. The molecular formula is C12H9Br3N2O2S. The topological polar surface area (TPSA) is 72.2 Å². The highest BCUT2D eigenvalue weighted by atomic mass is 79.9. The van der Waals surface area contributed by atoms with E-state index in [1.807, 2.05) is 0 Å². The second kappa shape index (κ2) is 6.05. The molecule has 2 rings (SSSR count). The van der Waals surface area contributed by atoms with Crippen LogP contribution >= 0.6 is 47.8 Å². The van der Waals surface area contributed by atoms with Crippen LogP contribution in [0.4, 0.5) is 11.4 Å². The van der Waals surface area contributed by atoms with Crippen molar-refractivity contribution in [1.29, 1.82) is 0 Å². The molecule has 0 atom stereocenters. The summed E-state index contributed by atoms with van der Waals surface area (Å²) >= 11 is 9.84. The highest BCUT2D eigenvalue weighted by Gasteiger charge is 2.20. The van der Waals surface area contributed by atoms with Crippen molar-refractivity contribution in [3.8, 4) is 0 Å². The molecule has 0 fully saturated rings. The predicted octanol–water partition coefficient (Wildman–Crippen LogP) is 4.36. The Labute approximate surface area is 142 Å². The molecule has 0 amide bonds. The maximum absolute atomic E-state index is 12.4. The van der Waals surface area contributed by atoms with Gasteiger partial charge in [0.15, 0.2) is 0 Å². The molecule has 2 aromatic rings. The Balaban J connectivity index is 2.49. The van der Waals surface area contributed by atoms with E-state index < -0.39 is 10.0 Å². The lowest BCUT2D eigenvalue weighted by molar-refractivity contribution is 0.600. The maximum Gasteiger partial charge on any atom is 0.263 e. The van der Waals surface area contributed by atoms with Gasteiger partial charge in [-0.25, -0.2) is 8.42 Å². The quantitative estimate of drug-likeness (QED) is 0.636. The third-order valence-corrected chi connectivity index (χ3v) is 6.11. The zero-order valence-electron chi connectivity index (χ0n) is 9.90. The first-order valence-electron chi connectivity index (χ1n) is 5.33. The van der Waals surface area contributed by atoms with Crippen molar-refractivity contribution in [2.45, 2.75) is 4.90 Å². The Bertz CT molecular complexity index is 743. The Morgan fingerprint density at radius 1 is 0.950 bits per heavy atom. The lowest BCUT2D eigenvalue weighted by Crippen LogP contribution is -2.14. The number of benzene rings is 2. The SMILES string of the molecule is Nc1ccc(Br)c(S(=O)(=O)Nc2c(Br)cccc2Br)c1. The van der Waals surface area contributed by atoms with Crippen LogP contribution in [0.3, 0.4) is 0 Å². The van der Waals surface area contributed by atoms with Gasteiger partial charge < -0.3 is 5.73 Å². The van der Waals surface area contributed by atoms with Gasteiger partial charge in [-0.05, 0) is 78.1 Å². The van der Waals surface area contributed by atoms with Gasteiger partial charge in [0.1, 0.15) is 4.90 Å². The Kier molecular flexibility index (Phi) is 4.78. The van der Waals surface area contributed by atoms with E-state index in [0.717, 1.165) is 0 Å². The van der Waals surface area contributed by atoms with Gasteiger partial charge in [-0.15, -0.1) is 0 Å². The maximum atomic E-state index is 12.4. The van der Waals surface area contributed by atoms with Gasteiger partial charge >= 0.3 is 0 Å². The summed E-state index contributed by atoms with van der Waals surface area (Å²) in [5.74, 6) is 0. The lowest BCUT2D eigenvalue weighted by atomic mass is 10.3. The molecule has 0 aromatic heterocycles. The van der Waals surface area contributed by atoms with Crippen LogP contribution in [0, 0.1) is 0 Å². The monoisotopic (exact) mass is 482 g/mol. The molecule has 2 aromatic carbocycles. The van der Waals surface area contributed by atoms with E-state index >= 15 is 0 Å². The summed E-state index contributed by atoms with van der Waals surface area (Å²) in [6.07, 6.45) is 0. The summed E-state index contributed by atoms with van der Waals surface area (Å²) < 4.78 is 29.1. The Morgan fingerprint density at radius 3 is 2.15 bits per heavy atom. The van der Waals surface area contributed by atoms with Gasteiger partial charge in [-0.1, -0.05) is 6.07 Å². The molecule has 3 N–H and O–H groups in total. The molecule has 20 heavy (non-hydrogen) atoms. The number of nitrogens with two attached hydrogens (primary N) is 1. The minimum absolute atomic E-state index is 0.0835. The number of para-hydroxylation sites is 1. The standard InChI is InChI=1S/C12H9Br3N2O2S/c13-8-5-4-7(16)6-11(8)20(18,19)17-12-9(14)2-1-3-10(12)15/h1-6,17H,16H2. The number of sulfonamides is 1. The number of rotatable bonds is 3. The van der Waals surface area contributed by atoms with Crippen molar-refractivity contribution >= 4 is 69.2 Å². The smallest absolute Gasteiger partial charge is 0.263 e. The zero-order valence-corrected chi connectivity index (χ0v) is 15.5. The largest absolute Gasteiger partial charge is 0.399 e. The van der Waals surface area contributed by atoms with Crippen molar-refractivity contribution in [3.63, 3.8) is 0 Å². The molecule has 0 aliphatic heterocycles. The van der Waals surface area contributed by atoms with Gasteiger partial charge in [-0.2, -0.15) is 0 Å². The molecule has 0 radical (unpaired) electrons. The second-order valence-corrected chi connectivity index (χ2v) is 8.11. The molecular weight excluding hydrogens is 476 g/mol. The average molecular weight is 485 g/mol. The molecule has 0 aliphatic rings.